The summed E-state index contributed by atoms with van der Waals surface area (Å²) in [6, 6.07) is 7.14. The highest BCUT2D eigenvalue weighted by Crippen LogP contribution is 2.33. The fourth-order valence-electron chi connectivity index (χ4n) is 2.44. The zero-order chi connectivity index (χ0) is 14.5. The third-order valence-electron chi connectivity index (χ3n) is 3.83. The molecular formula is C17H28FN. The summed E-state index contributed by atoms with van der Waals surface area (Å²) in [6.45, 7) is 12.2. The molecule has 0 saturated heterocycles. The zero-order valence-corrected chi connectivity index (χ0v) is 13.0. The van der Waals surface area contributed by atoms with Crippen molar-refractivity contribution in [3.05, 3.63) is 35.6 Å². The molecule has 1 rings (SSSR count). The van der Waals surface area contributed by atoms with Gasteiger partial charge in [-0.3, -0.25) is 0 Å². The van der Waals surface area contributed by atoms with E-state index in [1.807, 2.05) is 12.1 Å². The molecule has 108 valence electrons. The zero-order valence-electron chi connectivity index (χ0n) is 13.0. The van der Waals surface area contributed by atoms with Crippen molar-refractivity contribution in [3.8, 4) is 0 Å². The van der Waals surface area contributed by atoms with Crippen LogP contribution < -0.4 is 5.32 Å². The summed E-state index contributed by atoms with van der Waals surface area (Å²) in [5, 5.41) is 3.67. The first-order chi connectivity index (χ1) is 8.88. The van der Waals surface area contributed by atoms with Crippen LogP contribution in [0.5, 0.6) is 0 Å². The Bertz CT molecular complexity index is 360. The van der Waals surface area contributed by atoms with Crippen LogP contribution in [-0.4, -0.2) is 6.54 Å². The van der Waals surface area contributed by atoms with Gasteiger partial charge in [0.2, 0.25) is 0 Å². The predicted molar refractivity (Wildman–Crippen MR) is 80.7 cm³/mol. The van der Waals surface area contributed by atoms with E-state index in [1.165, 1.54) is 18.4 Å². The van der Waals surface area contributed by atoms with E-state index in [4.69, 9.17) is 0 Å². The van der Waals surface area contributed by atoms with Gasteiger partial charge in [-0.1, -0.05) is 59.6 Å². The van der Waals surface area contributed by atoms with Crippen LogP contribution in [-0.2, 0) is 0 Å². The van der Waals surface area contributed by atoms with Gasteiger partial charge in [0.15, 0.2) is 0 Å². The summed E-state index contributed by atoms with van der Waals surface area (Å²) in [4.78, 5) is 0. The average Bonchev–Trinajstić information content (AvgIpc) is 2.35. The van der Waals surface area contributed by atoms with E-state index in [-0.39, 0.29) is 17.3 Å². The Hall–Kier alpha value is -0.890. The van der Waals surface area contributed by atoms with Gasteiger partial charge in [0, 0.05) is 6.04 Å². The Morgan fingerprint density at radius 3 is 2.00 bits per heavy atom. The number of halogens is 1. The van der Waals surface area contributed by atoms with Crippen LogP contribution in [0, 0.1) is 17.2 Å². The van der Waals surface area contributed by atoms with Crippen LogP contribution in [0.2, 0.25) is 0 Å². The minimum atomic E-state index is -0.170. The lowest BCUT2D eigenvalue weighted by molar-refractivity contribution is 0.256. The van der Waals surface area contributed by atoms with Gasteiger partial charge < -0.3 is 5.32 Å². The molecule has 1 N–H and O–H groups in total. The van der Waals surface area contributed by atoms with Crippen LogP contribution in [0.1, 0.15) is 59.1 Å². The van der Waals surface area contributed by atoms with E-state index in [0.29, 0.717) is 5.92 Å². The maximum absolute atomic E-state index is 13.0. The summed E-state index contributed by atoms with van der Waals surface area (Å²) in [5.74, 6) is 0.543. The Balaban J connectivity index is 2.81. The third-order valence-corrected chi connectivity index (χ3v) is 3.83. The average molecular weight is 265 g/mol. The molecular weight excluding hydrogens is 237 g/mol. The van der Waals surface area contributed by atoms with Gasteiger partial charge in [-0.25, -0.2) is 4.39 Å². The largest absolute Gasteiger partial charge is 0.309 e. The van der Waals surface area contributed by atoms with E-state index in [9.17, 15) is 4.39 Å². The molecule has 0 fully saturated rings. The van der Waals surface area contributed by atoms with E-state index in [0.717, 1.165) is 6.54 Å². The van der Waals surface area contributed by atoms with Crippen molar-refractivity contribution in [1.29, 1.82) is 0 Å². The predicted octanol–water partition coefficient (Wildman–Crippen LogP) is 4.94. The fourth-order valence-corrected chi connectivity index (χ4v) is 2.44. The third kappa shape index (κ3) is 4.94. The molecule has 0 heterocycles. The van der Waals surface area contributed by atoms with E-state index in [1.54, 1.807) is 12.1 Å². The molecule has 19 heavy (non-hydrogen) atoms. The number of nitrogens with one attached hydrogen (secondary N) is 1. The van der Waals surface area contributed by atoms with E-state index < -0.39 is 0 Å². The molecule has 2 heteroatoms. The second-order valence-electron chi connectivity index (χ2n) is 6.44. The van der Waals surface area contributed by atoms with E-state index >= 15 is 0 Å². The van der Waals surface area contributed by atoms with Crippen LogP contribution in [0.3, 0.4) is 0 Å². The molecule has 0 aliphatic carbocycles. The first kappa shape index (κ1) is 16.2. The van der Waals surface area contributed by atoms with Gasteiger partial charge in [-0.2, -0.15) is 0 Å². The standard InChI is InChI=1S/C17H28FN/c1-6-13(7-2)12-19-16(17(3,4)5)14-8-10-15(18)11-9-14/h8-11,13,16,19H,6-7,12H2,1-5H3. The Morgan fingerprint density at radius 2 is 1.58 bits per heavy atom. The van der Waals surface area contributed by atoms with Crippen molar-refractivity contribution < 1.29 is 4.39 Å². The molecule has 0 saturated carbocycles. The number of hydrogen-bond acceptors (Lipinski definition) is 1. The van der Waals surface area contributed by atoms with Crippen LogP contribution in [0.15, 0.2) is 24.3 Å². The molecule has 1 aromatic rings. The van der Waals surface area contributed by atoms with Crippen LogP contribution in [0.4, 0.5) is 4.39 Å². The Labute approximate surface area is 117 Å². The highest BCUT2D eigenvalue weighted by atomic mass is 19.1. The van der Waals surface area contributed by atoms with Crippen molar-refractivity contribution in [3.63, 3.8) is 0 Å². The normalized spacial score (nSPS) is 13.8. The number of benzene rings is 1. The lowest BCUT2D eigenvalue weighted by atomic mass is 9.82. The highest BCUT2D eigenvalue weighted by Gasteiger charge is 2.26. The molecule has 1 nitrogen and oxygen atoms in total. The summed E-state index contributed by atoms with van der Waals surface area (Å²) in [7, 11) is 0. The van der Waals surface area contributed by atoms with Crippen molar-refractivity contribution in [2.24, 2.45) is 11.3 Å². The van der Waals surface area contributed by atoms with Crippen molar-refractivity contribution >= 4 is 0 Å². The molecule has 0 aliphatic rings. The highest BCUT2D eigenvalue weighted by molar-refractivity contribution is 5.21. The number of hydrogen-bond donors (Lipinski definition) is 1. The lowest BCUT2D eigenvalue weighted by Crippen LogP contribution is -2.35. The van der Waals surface area contributed by atoms with Gasteiger partial charge in [0.05, 0.1) is 0 Å². The van der Waals surface area contributed by atoms with E-state index in [2.05, 4.69) is 39.9 Å². The molecule has 0 aromatic heterocycles. The summed E-state index contributed by atoms with van der Waals surface area (Å²) in [6.07, 6.45) is 2.40. The summed E-state index contributed by atoms with van der Waals surface area (Å²) in [5.41, 5.74) is 1.28. The molecule has 1 unspecified atom stereocenters. The minimum Gasteiger partial charge on any atom is -0.309 e. The monoisotopic (exact) mass is 265 g/mol. The molecule has 0 spiro atoms. The van der Waals surface area contributed by atoms with Crippen LogP contribution in [0.25, 0.3) is 0 Å². The van der Waals surface area contributed by atoms with Crippen LogP contribution >= 0.6 is 0 Å². The van der Waals surface area contributed by atoms with Crippen molar-refractivity contribution in [2.45, 2.75) is 53.5 Å². The first-order valence-corrected chi connectivity index (χ1v) is 7.37. The van der Waals surface area contributed by atoms with Crippen molar-refractivity contribution in [2.75, 3.05) is 6.54 Å². The summed E-state index contributed by atoms with van der Waals surface area (Å²) >= 11 is 0. The second-order valence-corrected chi connectivity index (χ2v) is 6.44. The van der Waals surface area contributed by atoms with Gasteiger partial charge >= 0.3 is 0 Å². The molecule has 1 aromatic carbocycles. The Morgan fingerprint density at radius 1 is 1.05 bits per heavy atom. The molecule has 1 atom stereocenters. The minimum absolute atomic E-state index is 0.115. The fraction of sp³-hybridized carbons (Fsp3) is 0.647. The van der Waals surface area contributed by atoms with Crippen molar-refractivity contribution in [1.82, 2.24) is 5.32 Å². The topological polar surface area (TPSA) is 12.0 Å². The van der Waals surface area contributed by atoms with Gasteiger partial charge in [-0.05, 0) is 35.6 Å². The number of rotatable bonds is 6. The second kappa shape index (κ2) is 7.04. The Kier molecular flexibility index (Phi) is 5.99. The molecule has 0 bridgehead atoms. The molecule has 0 aliphatic heterocycles. The maximum atomic E-state index is 13.0. The lowest BCUT2D eigenvalue weighted by Gasteiger charge is -2.33. The smallest absolute Gasteiger partial charge is 0.123 e. The quantitative estimate of drug-likeness (QED) is 0.768. The summed E-state index contributed by atoms with van der Waals surface area (Å²) < 4.78 is 13.0. The molecule has 0 radical (unpaired) electrons. The maximum Gasteiger partial charge on any atom is 0.123 e. The first-order valence-electron chi connectivity index (χ1n) is 7.37. The SMILES string of the molecule is CCC(CC)CNC(c1ccc(F)cc1)C(C)(C)C. The van der Waals surface area contributed by atoms with Gasteiger partial charge in [0.1, 0.15) is 5.82 Å². The van der Waals surface area contributed by atoms with Gasteiger partial charge in [0.25, 0.3) is 0 Å². The molecule has 0 amide bonds. The van der Waals surface area contributed by atoms with Gasteiger partial charge in [-0.15, -0.1) is 0 Å².